The van der Waals surface area contributed by atoms with Crippen LogP contribution in [-0.2, 0) is 14.3 Å². The normalized spacial score (nSPS) is 11.4. The van der Waals surface area contributed by atoms with E-state index in [1.165, 1.54) is 109 Å². The molecule has 0 aromatic heterocycles. The molecule has 32 heavy (non-hydrogen) atoms. The first-order valence-corrected chi connectivity index (χ1v) is 14.1. The molecule has 4 nitrogen and oxygen atoms in total. The molecule has 0 N–H and O–H groups in total. The molecule has 0 saturated carbocycles. The van der Waals surface area contributed by atoms with E-state index in [0.29, 0.717) is 13.0 Å². The van der Waals surface area contributed by atoms with Crippen molar-refractivity contribution in [3.63, 3.8) is 0 Å². The molecule has 0 atom stereocenters. The van der Waals surface area contributed by atoms with Crippen LogP contribution in [0.3, 0.4) is 0 Å². The Morgan fingerprint density at radius 1 is 0.562 bits per heavy atom. The van der Waals surface area contributed by atoms with Crippen molar-refractivity contribution in [2.75, 3.05) is 40.0 Å². The molecule has 0 heterocycles. The molecule has 0 aromatic rings. The molecule has 0 rings (SSSR count). The lowest BCUT2D eigenvalue weighted by Gasteiger charge is -2.22. The molecule has 0 amide bonds. The van der Waals surface area contributed by atoms with Crippen LogP contribution in [0.1, 0.15) is 136 Å². The largest absolute Gasteiger partial charge is 0.466 e. The van der Waals surface area contributed by atoms with Gasteiger partial charge in [-0.2, -0.15) is 0 Å². The van der Waals surface area contributed by atoms with Crippen molar-refractivity contribution in [2.24, 2.45) is 0 Å². The Bertz CT molecular complexity index is 376. The second-order valence-electron chi connectivity index (χ2n) is 9.46. The average molecular weight is 456 g/mol. The van der Waals surface area contributed by atoms with Gasteiger partial charge in [0, 0.05) is 20.1 Å². The molecule has 0 fully saturated rings. The summed E-state index contributed by atoms with van der Waals surface area (Å²) in [5, 5.41) is 0. The van der Waals surface area contributed by atoms with Crippen molar-refractivity contribution in [1.29, 1.82) is 0 Å². The average Bonchev–Trinajstić information content (AvgIpc) is 2.80. The number of esters is 1. The summed E-state index contributed by atoms with van der Waals surface area (Å²) in [5.74, 6) is 0.000612. The van der Waals surface area contributed by atoms with Crippen molar-refractivity contribution in [3.05, 3.63) is 0 Å². The summed E-state index contributed by atoms with van der Waals surface area (Å²) in [7, 11) is 1.79. The third-order valence-corrected chi connectivity index (χ3v) is 6.31. The number of rotatable bonds is 26. The Balaban J connectivity index is 3.55. The molecule has 0 radical (unpaired) electrons. The summed E-state index contributed by atoms with van der Waals surface area (Å²) in [4.78, 5) is 14.4. The van der Waals surface area contributed by atoms with E-state index >= 15 is 0 Å². The summed E-state index contributed by atoms with van der Waals surface area (Å²) < 4.78 is 10.7. The van der Waals surface area contributed by atoms with Crippen LogP contribution in [0.4, 0.5) is 0 Å². The first-order chi connectivity index (χ1) is 15.7. The molecule has 0 bridgehead atoms. The second kappa shape index (κ2) is 26.6. The first-order valence-electron chi connectivity index (χ1n) is 14.1. The number of carbonyl (C=O) groups is 1. The zero-order valence-electron chi connectivity index (χ0n) is 22.1. The molecule has 192 valence electrons. The highest BCUT2D eigenvalue weighted by atomic mass is 16.5. The van der Waals surface area contributed by atoms with Crippen LogP contribution in [0, 0.1) is 0 Å². The minimum absolute atomic E-state index is 0.000612. The third-order valence-electron chi connectivity index (χ3n) is 6.31. The Labute approximate surface area is 201 Å². The number of methoxy groups -OCH3 is 1. The monoisotopic (exact) mass is 455 g/mol. The van der Waals surface area contributed by atoms with Gasteiger partial charge in [-0.25, -0.2) is 0 Å². The lowest BCUT2D eigenvalue weighted by molar-refractivity contribution is -0.143. The maximum absolute atomic E-state index is 11.8. The number of carbonyl (C=O) groups excluding carboxylic acids is 1. The quantitative estimate of drug-likeness (QED) is 0.0980. The van der Waals surface area contributed by atoms with Gasteiger partial charge in [0.05, 0.1) is 13.2 Å². The van der Waals surface area contributed by atoms with E-state index in [2.05, 4.69) is 18.7 Å². The summed E-state index contributed by atoms with van der Waals surface area (Å²) in [5.41, 5.74) is 0. The van der Waals surface area contributed by atoms with Crippen LogP contribution in [0.25, 0.3) is 0 Å². The Morgan fingerprint density at radius 3 is 1.56 bits per heavy atom. The van der Waals surface area contributed by atoms with Gasteiger partial charge in [0.15, 0.2) is 0 Å². The van der Waals surface area contributed by atoms with E-state index in [-0.39, 0.29) is 5.97 Å². The number of hydrogen-bond donors (Lipinski definition) is 0. The molecule has 0 aromatic carbocycles. The standard InChI is InChI=1S/C28H57NO3/c1-4-6-8-10-12-17-21-26-32-28(30)22-18-14-13-16-20-24-29(25-27-31-3)23-19-15-11-9-7-5-2/h4-27H2,1-3H3. The number of ether oxygens (including phenoxy) is 2. The van der Waals surface area contributed by atoms with E-state index in [1.807, 2.05) is 0 Å². The highest BCUT2D eigenvalue weighted by molar-refractivity contribution is 5.69. The van der Waals surface area contributed by atoms with Gasteiger partial charge in [0.1, 0.15) is 0 Å². The fourth-order valence-electron chi connectivity index (χ4n) is 4.12. The highest BCUT2D eigenvalue weighted by Crippen LogP contribution is 2.10. The van der Waals surface area contributed by atoms with Crippen molar-refractivity contribution < 1.29 is 14.3 Å². The summed E-state index contributed by atoms with van der Waals surface area (Å²) in [6, 6.07) is 0. The SMILES string of the molecule is CCCCCCCCCOC(=O)CCCCCCCN(CCCCCCCC)CCOC. The maximum Gasteiger partial charge on any atom is 0.305 e. The summed E-state index contributed by atoms with van der Waals surface area (Å²) in [6.07, 6.45) is 23.4. The smallest absolute Gasteiger partial charge is 0.305 e. The fourth-order valence-corrected chi connectivity index (χ4v) is 4.12. The van der Waals surface area contributed by atoms with E-state index < -0.39 is 0 Å². The lowest BCUT2D eigenvalue weighted by Crippen LogP contribution is -2.29. The summed E-state index contributed by atoms with van der Waals surface area (Å²) >= 11 is 0. The van der Waals surface area contributed by atoms with Crippen molar-refractivity contribution in [1.82, 2.24) is 4.90 Å². The van der Waals surface area contributed by atoms with Gasteiger partial charge in [-0.05, 0) is 38.8 Å². The molecule has 0 aliphatic carbocycles. The predicted octanol–water partition coefficient (Wildman–Crippen LogP) is 7.93. The molecule has 0 unspecified atom stereocenters. The summed E-state index contributed by atoms with van der Waals surface area (Å²) in [6.45, 7) is 9.40. The predicted molar refractivity (Wildman–Crippen MR) is 138 cm³/mol. The topological polar surface area (TPSA) is 38.8 Å². The lowest BCUT2D eigenvalue weighted by atomic mass is 10.1. The number of hydrogen-bond acceptors (Lipinski definition) is 4. The van der Waals surface area contributed by atoms with E-state index in [9.17, 15) is 4.79 Å². The van der Waals surface area contributed by atoms with Crippen LogP contribution in [0.5, 0.6) is 0 Å². The zero-order chi connectivity index (χ0) is 23.5. The minimum atomic E-state index is 0.000612. The van der Waals surface area contributed by atoms with Gasteiger partial charge in [0.25, 0.3) is 0 Å². The van der Waals surface area contributed by atoms with Crippen molar-refractivity contribution in [2.45, 2.75) is 136 Å². The van der Waals surface area contributed by atoms with Gasteiger partial charge < -0.3 is 14.4 Å². The van der Waals surface area contributed by atoms with Crippen LogP contribution >= 0.6 is 0 Å². The van der Waals surface area contributed by atoms with E-state index in [1.54, 1.807) is 7.11 Å². The van der Waals surface area contributed by atoms with E-state index in [0.717, 1.165) is 32.4 Å². The molecule has 0 saturated heterocycles. The minimum Gasteiger partial charge on any atom is -0.466 e. The molecular formula is C28H57NO3. The molecule has 0 aliphatic rings. The highest BCUT2D eigenvalue weighted by Gasteiger charge is 2.05. The molecular weight excluding hydrogens is 398 g/mol. The van der Waals surface area contributed by atoms with Crippen LogP contribution in [0.2, 0.25) is 0 Å². The Hall–Kier alpha value is -0.610. The van der Waals surface area contributed by atoms with Gasteiger partial charge in [-0.3, -0.25) is 4.79 Å². The molecule has 4 heteroatoms. The third kappa shape index (κ3) is 24.0. The number of unbranched alkanes of at least 4 members (excludes halogenated alkanes) is 15. The van der Waals surface area contributed by atoms with Crippen molar-refractivity contribution >= 4 is 5.97 Å². The van der Waals surface area contributed by atoms with Gasteiger partial charge in [-0.1, -0.05) is 104 Å². The Kier molecular flexibility index (Phi) is 26.1. The van der Waals surface area contributed by atoms with Gasteiger partial charge in [-0.15, -0.1) is 0 Å². The fraction of sp³-hybridized carbons (Fsp3) is 0.964. The van der Waals surface area contributed by atoms with Crippen LogP contribution in [0.15, 0.2) is 0 Å². The molecule has 0 aliphatic heterocycles. The van der Waals surface area contributed by atoms with E-state index in [4.69, 9.17) is 9.47 Å². The first kappa shape index (κ1) is 31.4. The number of nitrogens with zero attached hydrogens (tertiary/aromatic N) is 1. The van der Waals surface area contributed by atoms with Crippen molar-refractivity contribution in [3.8, 4) is 0 Å². The maximum atomic E-state index is 11.8. The molecule has 0 spiro atoms. The second-order valence-corrected chi connectivity index (χ2v) is 9.46. The van der Waals surface area contributed by atoms with Gasteiger partial charge >= 0.3 is 5.97 Å². The van der Waals surface area contributed by atoms with Gasteiger partial charge in [0.2, 0.25) is 0 Å². The Morgan fingerprint density at radius 2 is 1.03 bits per heavy atom. The zero-order valence-corrected chi connectivity index (χ0v) is 22.1. The van der Waals surface area contributed by atoms with Crippen LogP contribution < -0.4 is 0 Å². The van der Waals surface area contributed by atoms with Crippen LogP contribution in [-0.4, -0.2) is 50.8 Å².